The Morgan fingerprint density at radius 2 is 2.24 bits per heavy atom. The van der Waals surface area contributed by atoms with Crippen LogP contribution in [0, 0.1) is 17.0 Å². The van der Waals surface area contributed by atoms with Gasteiger partial charge in [-0.1, -0.05) is 0 Å². The summed E-state index contributed by atoms with van der Waals surface area (Å²) in [7, 11) is 0. The molecule has 6 heteroatoms. The smallest absolute Gasteiger partial charge is 0.404 e. The number of nitro groups is 1. The van der Waals surface area contributed by atoms with E-state index in [0.717, 1.165) is 11.4 Å². The molecule has 0 spiro atoms. The molecule has 0 bridgehead atoms. The Bertz CT molecular complexity index is 519. The number of aromatic nitrogens is 1. The highest BCUT2D eigenvalue weighted by Gasteiger charge is 2.11. The minimum Gasteiger partial charge on any atom is -0.404 e. The Kier molecular flexibility index (Phi) is 3.04. The van der Waals surface area contributed by atoms with Crippen LogP contribution in [-0.4, -0.2) is 9.91 Å². The van der Waals surface area contributed by atoms with Crippen LogP contribution in [0.25, 0.3) is 0 Å². The molecule has 88 valence electrons. The molecule has 2 aromatic heterocycles. The second kappa shape index (κ2) is 4.65. The lowest BCUT2D eigenvalue weighted by molar-refractivity contribution is -0.402. The average Bonchev–Trinajstić information content (AvgIpc) is 2.77. The number of furan rings is 1. The minimum absolute atomic E-state index is 0.246. The van der Waals surface area contributed by atoms with Crippen LogP contribution in [-0.2, 0) is 6.54 Å². The fourth-order valence-corrected chi connectivity index (χ4v) is 1.32. The number of rotatable bonds is 4. The molecule has 0 fully saturated rings. The van der Waals surface area contributed by atoms with Gasteiger partial charge in [0.05, 0.1) is 24.5 Å². The first-order chi connectivity index (χ1) is 8.15. The zero-order valence-electron chi connectivity index (χ0n) is 9.21. The van der Waals surface area contributed by atoms with E-state index in [1.807, 2.05) is 19.1 Å². The third kappa shape index (κ3) is 2.81. The fourth-order valence-electron chi connectivity index (χ4n) is 1.32. The second-order valence-electron chi connectivity index (χ2n) is 3.54. The number of nitrogens with one attached hydrogen (secondary N) is 1. The summed E-state index contributed by atoms with van der Waals surface area (Å²) < 4.78 is 5.01. The number of pyridine rings is 1. The summed E-state index contributed by atoms with van der Waals surface area (Å²) in [5.41, 5.74) is 1.78. The first kappa shape index (κ1) is 11.1. The maximum Gasteiger partial charge on any atom is 0.433 e. The van der Waals surface area contributed by atoms with E-state index < -0.39 is 4.92 Å². The van der Waals surface area contributed by atoms with Gasteiger partial charge >= 0.3 is 5.88 Å². The van der Waals surface area contributed by atoms with Gasteiger partial charge in [0.25, 0.3) is 0 Å². The maximum absolute atomic E-state index is 10.4. The van der Waals surface area contributed by atoms with Crippen LogP contribution in [0.5, 0.6) is 0 Å². The van der Waals surface area contributed by atoms with E-state index in [-0.39, 0.29) is 5.88 Å². The molecule has 0 saturated heterocycles. The fraction of sp³-hybridized carbons (Fsp3) is 0.182. The lowest BCUT2D eigenvalue weighted by Crippen LogP contribution is -1.98. The molecule has 17 heavy (non-hydrogen) atoms. The average molecular weight is 233 g/mol. The molecule has 0 aliphatic rings. The van der Waals surface area contributed by atoms with Gasteiger partial charge in [-0.15, -0.1) is 0 Å². The van der Waals surface area contributed by atoms with Crippen LogP contribution in [0.2, 0.25) is 0 Å². The monoisotopic (exact) mass is 233 g/mol. The van der Waals surface area contributed by atoms with Crippen molar-refractivity contribution in [3.63, 3.8) is 0 Å². The molecule has 0 saturated carbocycles. The summed E-state index contributed by atoms with van der Waals surface area (Å²) in [6.45, 7) is 2.29. The van der Waals surface area contributed by atoms with Crippen molar-refractivity contribution in [2.24, 2.45) is 0 Å². The van der Waals surface area contributed by atoms with Crippen molar-refractivity contribution in [2.75, 3.05) is 5.32 Å². The van der Waals surface area contributed by atoms with E-state index >= 15 is 0 Å². The van der Waals surface area contributed by atoms with E-state index in [9.17, 15) is 10.1 Å². The van der Waals surface area contributed by atoms with Gasteiger partial charge < -0.3 is 9.73 Å². The summed E-state index contributed by atoms with van der Waals surface area (Å²) in [5.74, 6) is 0.265. The zero-order valence-corrected chi connectivity index (χ0v) is 9.21. The van der Waals surface area contributed by atoms with Gasteiger partial charge in [0.1, 0.15) is 10.7 Å². The molecule has 0 aliphatic heterocycles. The Morgan fingerprint density at radius 3 is 2.82 bits per heavy atom. The second-order valence-corrected chi connectivity index (χ2v) is 3.54. The van der Waals surface area contributed by atoms with Gasteiger partial charge in [-0.25, -0.2) is 0 Å². The first-order valence-corrected chi connectivity index (χ1v) is 5.05. The third-order valence-electron chi connectivity index (χ3n) is 2.21. The van der Waals surface area contributed by atoms with Gasteiger partial charge in [0.15, 0.2) is 0 Å². The molecule has 0 aromatic carbocycles. The van der Waals surface area contributed by atoms with E-state index in [4.69, 9.17) is 4.42 Å². The molecule has 2 aromatic rings. The highest BCUT2D eigenvalue weighted by Crippen LogP contribution is 2.16. The topological polar surface area (TPSA) is 81.2 Å². The summed E-state index contributed by atoms with van der Waals surface area (Å²) >= 11 is 0. The molecule has 0 unspecified atom stereocenters. The summed E-state index contributed by atoms with van der Waals surface area (Å²) in [6, 6.07) is 6.68. The largest absolute Gasteiger partial charge is 0.433 e. The van der Waals surface area contributed by atoms with Crippen molar-refractivity contribution in [3.8, 4) is 0 Å². The lowest BCUT2D eigenvalue weighted by Gasteiger charge is -2.03. The predicted octanol–water partition coefficient (Wildman–Crippen LogP) is 2.50. The molecule has 2 rings (SSSR count). The molecule has 2 heterocycles. The number of anilines is 1. The maximum atomic E-state index is 10.4. The predicted molar refractivity (Wildman–Crippen MR) is 61.7 cm³/mol. The molecular weight excluding hydrogens is 222 g/mol. The van der Waals surface area contributed by atoms with E-state index in [0.29, 0.717) is 12.3 Å². The molecule has 1 N–H and O–H groups in total. The number of aryl methyl sites for hydroxylation is 1. The van der Waals surface area contributed by atoms with Gasteiger partial charge in [-0.05, 0) is 25.1 Å². The zero-order chi connectivity index (χ0) is 12.3. The Morgan fingerprint density at radius 1 is 1.41 bits per heavy atom. The van der Waals surface area contributed by atoms with Gasteiger partial charge in [-0.3, -0.25) is 15.1 Å². The van der Waals surface area contributed by atoms with Crippen LogP contribution < -0.4 is 5.32 Å². The molecule has 0 radical (unpaired) electrons. The van der Waals surface area contributed by atoms with Gasteiger partial charge in [0, 0.05) is 5.69 Å². The molecular formula is C11H11N3O3. The number of hydrogen-bond acceptors (Lipinski definition) is 5. The highest BCUT2D eigenvalue weighted by molar-refractivity contribution is 5.41. The van der Waals surface area contributed by atoms with Crippen LogP contribution in [0.4, 0.5) is 11.6 Å². The highest BCUT2D eigenvalue weighted by atomic mass is 16.6. The van der Waals surface area contributed by atoms with Gasteiger partial charge in [0.2, 0.25) is 0 Å². The van der Waals surface area contributed by atoms with Crippen molar-refractivity contribution in [2.45, 2.75) is 13.5 Å². The van der Waals surface area contributed by atoms with Gasteiger partial charge in [-0.2, -0.15) is 0 Å². The van der Waals surface area contributed by atoms with Crippen molar-refractivity contribution >= 4 is 11.6 Å². The van der Waals surface area contributed by atoms with Crippen molar-refractivity contribution < 1.29 is 9.34 Å². The van der Waals surface area contributed by atoms with E-state index in [1.165, 1.54) is 6.07 Å². The van der Waals surface area contributed by atoms with Crippen LogP contribution in [0.1, 0.15) is 11.5 Å². The SMILES string of the molecule is Cc1ccc(NCc2ccc([N+](=O)[O-])o2)cn1. The van der Waals surface area contributed by atoms with Crippen LogP contribution in [0.15, 0.2) is 34.9 Å². The summed E-state index contributed by atoms with van der Waals surface area (Å²) in [5, 5.41) is 13.5. The Labute approximate surface area is 97.4 Å². The molecule has 6 nitrogen and oxygen atoms in total. The standard InChI is InChI=1S/C11H11N3O3/c1-8-2-3-9(6-12-8)13-7-10-4-5-11(17-10)14(15)16/h2-6,13H,7H2,1H3. The summed E-state index contributed by atoms with van der Waals surface area (Å²) in [4.78, 5) is 14.0. The van der Waals surface area contributed by atoms with E-state index in [2.05, 4.69) is 10.3 Å². The molecule has 0 atom stereocenters. The van der Waals surface area contributed by atoms with Crippen LogP contribution in [0.3, 0.4) is 0 Å². The Hall–Kier alpha value is -2.37. The van der Waals surface area contributed by atoms with E-state index in [1.54, 1.807) is 12.3 Å². The van der Waals surface area contributed by atoms with Crippen LogP contribution >= 0.6 is 0 Å². The normalized spacial score (nSPS) is 10.2. The molecule has 0 amide bonds. The first-order valence-electron chi connectivity index (χ1n) is 5.05. The molecule has 0 aliphatic carbocycles. The van der Waals surface area contributed by atoms with Crippen molar-refractivity contribution in [1.82, 2.24) is 4.98 Å². The third-order valence-corrected chi connectivity index (χ3v) is 2.21. The van der Waals surface area contributed by atoms with Crippen molar-refractivity contribution in [1.29, 1.82) is 0 Å². The van der Waals surface area contributed by atoms with Crippen molar-refractivity contribution in [3.05, 3.63) is 52.0 Å². The minimum atomic E-state index is -0.559. The quantitative estimate of drug-likeness (QED) is 0.648. The lowest BCUT2D eigenvalue weighted by atomic mass is 10.3. The summed E-state index contributed by atoms with van der Waals surface area (Å²) in [6.07, 6.45) is 1.70. The Balaban J connectivity index is 1.97. The number of nitrogens with zero attached hydrogens (tertiary/aromatic N) is 2. The number of hydrogen-bond donors (Lipinski definition) is 1.